The Kier molecular flexibility index (Phi) is 8.35. The number of hydrogen-bond donors (Lipinski definition) is 2. The molecule has 6 nitrogen and oxygen atoms in total. The molecule has 0 radical (unpaired) electrons. The zero-order valence-corrected chi connectivity index (χ0v) is 17.0. The van der Waals surface area contributed by atoms with Gasteiger partial charge in [0.05, 0.1) is 11.2 Å². The molecule has 0 aliphatic carbocycles. The first kappa shape index (κ1) is 21.4. The molecule has 0 aromatic carbocycles. The molecule has 0 unspecified atom stereocenters. The van der Waals surface area contributed by atoms with Crippen molar-refractivity contribution in [2.45, 2.75) is 78.4 Å². The third-order valence-corrected chi connectivity index (χ3v) is 4.65. The van der Waals surface area contributed by atoms with Crippen LogP contribution < -0.4 is 10.6 Å². The van der Waals surface area contributed by atoms with Gasteiger partial charge in [-0.2, -0.15) is 0 Å². The summed E-state index contributed by atoms with van der Waals surface area (Å²) in [5.41, 5.74) is -0.477. The SMILES string of the molecule is CC(C)c1ncc(C(=O)N[C@H](C)CCCCNC(=O)OC(C)(C)C)s1. The minimum absolute atomic E-state index is 0.0659. The van der Waals surface area contributed by atoms with E-state index in [2.05, 4.69) is 29.5 Å². The summed E-state index contributed by atoms with van der Waals surface area (Å²) in [4.78, 5) is 28.6. The normalized spacial score (nSPS) is 12.8. The molecule has 0 spiro atoms. The topological polar surface area (TPSA) is 80.3 Å². The molecule has 0 saturated carbocycles. The van der Waals surface area contributed by atoms with Crippen molar-refractivity contribution in [2.75, 3.05) is 6.54 Å². The van der Waals surface area contributed by atoms with Gasteiger partial charge < -0.3 is 15.4 Å². The average molecular weight is 370 g/mol. The summed E-state index contributed by atoms with van der Waals surface area (Å²) in [6.07, 6.45) is 3.87. The van der Waals surface area contributed by atoms with Crippen LogP contribution in [0, 0.1) is 0 Å². The van der Waals surface area contributed by atoms with Gasteiger partial charge in [-0.1, -0.05) is 13.8 Å². The molecular formula is C18H31N3O3S. The van der Waals surface area contributed by atoms with Crippen LogP contribution in [0.5, 0.6) is 0 Å². The highest BCUT2D eigenvalue weighted by Gasteiger charge is 2.16. The van der Waals surface area contributed by atoms with E-state index in [1.807, 2.05) is 27.7 Å². The highest BCUT2D eigenvalue weighted by molar-refractivity contribution is 7.13. The lowest BCUT2D eigenvalue weighted by Crippen LogP contribution is -2.33. The Balaban J connectivity index is 2.21. The summed E-state index contributed by atoms with van der Waals surface area (Å²) >= 11 is 1.45. The summed E-state index contributed by atoms with van der Waals surface area (Å²) in [6, 6.07) is 0.0821. The van der Waals surface area contributed by atoms with Crippen molar-refractivity contribution in [3.8, 4) is 0 Å². The average Bonchev–Trinajstić information content (AvgIpc) is 2.95. The maximum Gasteiger partial charge on any atom is 0.407 e. The number of ether oxygens (including phenoxy) is 1. The summed E-state index contributed by atoms with van der Waals surface area (Å²) < 4.78 is 5.17. The number of aromatic nitrogens is 1. The highest BCUT2D eigenvalue weighted by Crippen LogP contribution is 2.21. The molecule has 2 N–H and O–H groups in total. The molecule has 1 rings (SSSR count). The lowest BCUT2D eigenvalue weighted by atomic mass is 10.1. The standard InChI is InChI=1S/C18H31N3O3S/c1-12(2)16-20-11-14(25-16)15(22)21-13(3)9-7-8-10-19-17(23)24-18(4,5)6/h11-13H,7-10H2,1-6H3,(H,19,23)(H,21,22)/t13-/m1/s1. The van der Waals surface area contributed by atoms with E-state index < -0.39 is 5.60 Å². The van der Waals surface area contributed by atoms with Crippen LogP contribution >= 0.6 is 11.3 Å². The Hall–Kier alpha value is -1.63. The lowest BCUT2D eigenvalue weighted by molar-refractivity contribution is 0.0527. The molecule has 1 atom stereocenters. The Bertz CT molecular complexity index is 564. The van der Waals surface area contributed by atoms with Gasteiger partial charge in [0.15, 0.2) is 0 Å². The molecule has 1 aromatic rings. The van der Waals surface area contributed by atoms with E-state index in [9.17, 15) is 9.59 Å². The molecule has 0 aliphatic rings. The largest absolute Gasteiger partial charge is 0.444 e. The van der Waals surface area contributed by atoms with E-state index in [0.29, 0.717) is 17.3 Å². The number of nitrogens with one attached hydrogen (secondary N) is 2. The van der Waals surface area contributed by atoms with Gasteiger partial charge in [-0.15, -0.1) is 11.3 Å². The quantitative estimate of drug-likeness (QED) is 0.677. The first-order valence-electron chi connectivity index (χ1n) is 8.82. The minimum Gasteiger partial charge on any atom is -0.444 e. The monoisotopic (exact) mass is 369 g/mol. The highest BCUT2D eigenvalue weighted by atomic mass is 32.1. The molecule has 1 aromatic heterocycles. The Morgan fingerprint density at radius 1 is 1.24 bits per heavy atom. The number of hydrogen-bond acceptors (Lipinski definition) is 5. The van der Waals surface area contributed by atoms with Crippen molar-refractivity contribution < 1.29 is 14.3 Å². The Morgan fingerprint density at radius 3 is 2.48 bits per heavy atom. The Labute approximate surface area is 154 Å². The van der Waals surface area contributed by atoms with E-state index in [1.165, 1.54) is 11.3 Å². The molecule has 0 aliphatic heterocycles. The van der Waals surface area contributed by atoms with Gasteiger partial charge in [-0.05, 0) is 47.0 Å². The van der Waals surface area contributed by atoms with E-state index in [-0.39, 0.29) is 18.0 Å². The molecule has 142 valence electrons. The van der Waals surface area contributed by atoms with Crippen LogP contribution in [-0.4, -0.2) is 35.2 Å². The van der Waals surface area contributed by atoms with Crippen LogP contribution in [0.15, 0.2) is 6.20 Å². The van der Waals surface area contributed by atoms with Gasteiger partial charge in [0, 0.05) is 18.5 Å². The molecule has 25 heavy (non-hydrogen) atoms. The molecule has 0 bridgehead atoms. The third-order valence-electron chi connectivity index (χ3n) is 3.35. The van der Waals surface area contributed by atoms with Crippen molar-refractivity contribution in [3.63, 3.8) is 0 Å². The number of alkyl carbamates (subject to hydrolysis) is 1. The van der Waals surface area contributed by atoms with E-state index in [1.54, 1.807) is 6.20 Å². The summed E-state index contributed by atoms with van der Waals surface area (Å²) in [6.45, 7) is 12.2. The number of thiazole rings is 1. The predicted molar refractivity (Wildman–Crippen MR) is 101 cm³/mol. The molecule has 2 amide bonds. The van der Waals surface area contributed by atoms with Crippen molar-refractivity contribution in [3.05, 3.63) is 16.1 Å². The van der Waals surface area contributed by atoms with Crippen LogP contribution in [0.4, 0.5) is 4.79 Å². The van der Waals surface area contributed by atoms with Gasteiger partial charge in [0.25, 0.3) is 5.91 Å². The van der Waals surface area contributed by atoms with Crippen LogP contribution in [0.3, 0.4) is 0 Å². The number of amides is 2. The molecular weight excluding hydrogens is 338 g/mol. The van der Waals surface area contributed by atoms with Crippen LogP contribution in [0.25, 0.3) is 0 Å². The fraction of sp³-hybridized carbons (Fsp3) is 0.722. The van der Waals surface area contributed by atoms with E-state index in [0.717, 1.165) is 24.3 Å². The van der Waals surface area contributed by atoms with Crippen molar-refractivity contribution in [1.82, 2.24) is 15.6 Å². The van der Waals surface area contributed by atoms with Crippen molar-refractivity contribution in [2.24, 2.45) is 0 Å². The second-order valence-electron chi connectivity index (χ2n) is 7.52. The minimum atomic E-state index is -0.477. The van der Waals surface area contributed by atoms with Gasteiger partial charge in [-0.3, -0.25) is 4.79 Å². The second kappa shape index (κ2) is 9.75. The van der Waals surface area contributed by atoms with Crippen LogP contribution in [0.1, 0.15) is 81.4 Å². The maximum atomic E-state index is 12.2. The summed E-state index contributed by atoms with van der Waals surface area (Å²) in [7, 11) is 0. The predicted octanol–water partition coefficient (Wildman–Crippen LogP) is 4.08. The molecule has 0 saturated heterocycles. The van der Waals surface area contributed by atoms with Gasteiger partial charge in [0.2, 0.25) is 0 Å². The zero-order chi connectivity index (χ0) is 19.0. The number of carbonyl (C=O) groups excluding carboxylic acids is 2. The lowest BCUT2D eigenvalue weighted by Gasteiger charge is -2.19. The molecule has 0 fully saturated rings. The van der Waals surface area contributed by atoms with Crippen LogP contribution in [0.2, 0.25) is 0 Å². The van der Waals surface area contributed by atoms with Crippen molar-refractivity contribution >= 4 is 23.3 Å². The maximum absolute atomic E-state index is 12.2. The number of rotatable bonds is 8. The van der Waals surface area contributed by atoms with Gasteiger partial charge in [0.1, 0.15) is 10.5 Å². The van der Waals surface area contributed by atoms with E-state index >= 15 is 0 Å². The number of carbonyl (C=O) groups is 2. The first-order valence-corrected chi connectivity index (χ1v) is 9.63. The first-order chi connectivity index (χ1) is 11.6. The number of nitrogens with zero attached hydrogens (tertiary/aromatic N) is 1. The fourth-order valence-corrected chi connectivity index (χ4v) is 2.93. The van der Waals surface area contributed by atoms with E-state index in [4.69, 9.17) is 4.74 Å². The summed E-state index contributed by atoms with van der Waals surface area (Å²) in [5, 5.41) is 6.71. The van der Waals surface area contributed by atoms with Gasteiger partial charge in [-0.25, -0.2) is 9.78 Å². The second-order valence-corrected chi connectivity index (χ2v) is 8.58. The number of unbranched alkanes of at least 4 members (excludes halogenated alkanes) is 1. The summed E-state index contributed by atoms with van der Waals surface area (Å²) in [5.74, 6) is 0.269. The smallest absolute Gasteiger partial charge is 0.407 e. The van der Waals surface area contributed by atoms with Gasteiger partial charge >= 0.3 is 6.09 Å². The molecule has 1 heterocycles. The van der Waals surface area contributed by atoms with Crippen LogP contribution in [-0.2, 0) is 4.74 Å². The Morgan fingerprint density at radius 2 is 1.92 bits per heavy atom. The fourth-order valence-electron chi connectivity index (χ4n) is 2.11. The van der Waals surface area contributed by atoms with Crippen molar-refractivity contribution in [1.29, 1.82) is 0 Å². The third kappa shape index (κ3) is 8.86. The zero-order valence-electron chi connectivity index (χ0n) is 16.1. The molecule has 7 heteroatoms.